The van der Waals surface area contributed by atoms with Crippen LogP contribution in [0.4, 0.5) is 11.4 Å². The first kappa shape index (κ1) is 54.4. The van der Waals surface area contributed by atoms with Crippen LogP contribution in [0.5, 0.6) is 0 Å². The lowest BCUT2D eigenvalue weighted by molar-refractivity contribution is 0.0980. The number of pyridine rings is 4. The predicted molar refractivity (Wildman–Crippen MR) is 302 cm³/mol. The number of rotatable bonds is 16. The standard InChI is InChI=1S/C33H31N3O2.C31H27N3O4/c1-7-24-18-34-30(15-20(24)3)32(37)17-26-11-9-12-27(22(26)5)28-13-10-14-29(23(28)6)36-33(38)31-16-21(4)25(8-2)19-35-31;1-18-11-28(32-14-23(18)16-35)30(37)13-22-7-5-8-25(20(22)3)26-9-6-10-27(21(26)4)34-31(38)29-12-19(2)24(17-36)15-33-29/h7-16,18-19H,1-2,17H2,3-6H3,(H,36,38);5-12,14-17H,13H2,1-4H3,(H,34,38). The van der Waals surface area contributed by atoms with E-state index in [1.807, 2.05) is 120 Å². The molecular weight excluding hydrogens is 949 g/mol. The van der Waals surface area contributed by atoms with Crippen molar-refractivity contribution < 1.29 is 28.8 Å². The minimum Gasteiger partial charge on any atom is -0.320 e. The van der Waals surface area contributed by atoms with Crippen LogP contribution in [-0.4, -0.2) is 55.9 Å². The second-order valence-corrected chi connectivity index (χ2v) is 18.6. The van der Waals surface area contributed by atoms with Crippen molar-refractivity contribution in [3.63, 3.8) is 0 Å². The lowest BCUT2D eigenvalue weighted by Gasteiger charge is -2.16. The summed E-state index contributed by atoms with van der Waals surface area (Å²) >= 11 is 0. The molecule has 0 saturated carbocycles. The number of ketones is 2. The van der Waals surface area contributed by atoms with Gasteiger partial charge in [-0.1, -0.05) is 86.0 Å². The Morgan fingerprint density at radius 3 is 1.05 bits per heavy atom. The molecule has 0 fully saturated rings. The maximum Gasteiger partial charge on any atom is 0.274 e. The number of aromatic nitrogens is 4. The van der Waals surface area contributed by atoms with E-state index in [1.54, 1.807) is 56.6 Å². The Hall–Kier alpha value is -9.42. The maximum absolute atomic E-state index is 13.1. The monoisotopic (exact) mass is 1010 g/mol. The van der Waals surface area contributed by atoms with Gasteiger partial charge in [0.1, 0.15) is 22.8 Å². The van der Waals surface area contributed by atoms with E-state index in [1.165, 1.54) is 12.4 Å². The molecule has 2 amide bonds. The Morgan fingerprint density at radius 2 is 0.724 bits per heavy atom. The van der Waals surface area contributed by atoms with E-state index in [2.05, 4.69) is 43.7 Å². The molecule has 0 aliphatic rings. The number of hydrogen-bond donors (Lipinski definition) is 2. The van der Waals surface area contributed by atoms with Crippen LogP contribution in [0.25, 0.3) is 34.4 Å². The minimum absolute atomic E-state index is 0.0352. The minimum atomic E-state index is -0.370. The average molecular weight is 1010 g/mol. The predicted octanol–water partition coefficient (Wildman–Crippen LogP) is 13.0. The molecule has 0 aliphatic carbocycles. The lowest BCUT2D eigenvalue weighted by Crippen LogP contribution is -2.15. The summed E-state index contributed by atoms with van der Waals surface area (Å²) in [6.45, 7) is 22.9. The maximum atomic E-state index is 13.1. The molecule has 0 bridgehead atoms. The van der Waals surface area contributed by atoms with Gasteiger partial charge in [-0.15, -0.1) is 0 Å². The first-order valence-corrected chi connectivity index (χ1v) is 24.5. The summed E-state index contributed by atoms with van der Waals surface area (Å²) in [6, 6.07) is 30.1. The van der Waals surface area contributed by atoms with Crippen molar-refractivity contribution in [3.8, 4) is 22.3 Å². The van der Waals surface area contributed by atoms with E-state index in [4.69, 9.17) is 0 Å². The van der Waals surface area contributed by atoms with Crippen molar-refractivity contribution >= 4 is 59.5 Å². The van der Waals surface area contributed by atoms with E-state index >= 15 is 0 Å². The van der Waals surface area contributed by atoms with E-state index in [0.29, 0.717) is 57.0 Å². The molecule has 4 aromatic heterocycles. The fourth-order valence-electron chi connectivity index (χ4n) is 8.85. The van der Waals surface area contributed by atoms with Crippen LogP contribution in [0.3, 0.4) is 0 Å². The van der Waals surface area contributed by atoms with Crippen LogP contribution in [0.15, 0.2) is 135 Å². The summed E-state index contributed by atoms with van der Waals surface area (Å²) in [4.78, 5) is 90.9. The molecule has 0 unspecified atom stereocenters. The second kappa shape index (κ2) is 24.1. The molecule has 8 rings (SSSR count). The zero-order chi connectivity index (χ0) is 54.8. The van der Waals surface area contributed by atoms with E-state index in [-0.39, 0.29) is 41.9 Å². The van der Waals surface area contributed by atoms with Gasteiger partial charge in [0.15, 0.2) is 24.1 Å². The third-order valence-electron chi connectivity index (χ3n) is 13.7. The highest BCUT2D eigenvalue weighted by molar-refractivity contribution is 6.05. The molecule has 76 heavy (non-hydrogen) atoms. The van der Waals surface area contributed by atoms with Gasteiger partial charge in [-0.3, -0.25) is 48.7 Å². The number of hydrogen-bond acceptors (Lipinski definition) is 10. The zero-order valence-corrected chi connectivity index (χ0v) is 43.9. The summed E-state index contributed by atoms with van der Waals surface area (Å²) in [6.07, 6.45) is 11.5. The fourth-order valence-corrected chi connectivity index (χ4v) is 8.85. The van der Waals surface area contributed by atoms with Crippen molar-refractivity contribution in [1.82, 2.24) is 19.9 Å². The SMILES string of the molecule is C=Cc1cnc(C(=O)Cc2cccc(-c3cccc(NC(=O)c4cc(C)c(C=C)cn4)c3C)c2C)cc1C.Cc1cc(C(=O)Cc2cccc(-c3cccc(NC(=O)c4cc(C)c(C=O)cn4)c3C)c2C)ncc1C=O. The van der Waals surface area contributed by atoms with Gasteiger partial charge in [0, 0.05) is 60.1 Å². The van der Waals surface area contributed by atoms with Gasteiger partial charge < -0.3 is 10.6 Å². The molecule has 4 aromatic carbocycles. The first-order chi connectivity index (χ1) is 36.5. The van der Waals surface area contributed by atoms with Gasteiger partial charge in [0.25, 0.3) is 11.8 Å². The lowest BCUT2D eigenvalue weighted by atomic mass is 9.91. The molecule has 0 spiro atoms. The summed E-state index contributed by atoms with van der Waals surface area (Å²) in [5.74, 6) is -0.811. The Bertz CT molecular complexity index is 3170. The molecule has 0 aliphatic heterocycles. The van der Waals surface area contributed by atoms with Crippen LogP contribution in [0.1, 0.15) is 129 Å². The van der Waals surface area contributed by atoms with Crippen molar-refractivity contribution in [3.05, 3.63) is 236 Å². The smallest absolute Gasteiger partial charge is 0.274 e. The quantitative estimate of drug-likeness (QED) is 0.0699. The highest BCUT2D eigenvalue weighted by Gasteiger charge is 2.20. The number of aryl methyl sites for hydroxylation is 4. The fraction of sp³-hybridized carbons (Fsp3) is 0.156. The van der Waals surface area contributed by atoms with Gasteiger partial charge in [-0.05, 0) is 181 Å². The summed E-state index contributed by atoms with van der Waals surface area (Å²) in [5, 5.41) is 5.93. The normalized spacial score (nSPS) is 10.6. The number of carbonyl (C=O) groups excluding carboxylic acids is 6. The average Bonchev–Trinajstić information content (AvgIpc) is 3.41. The van der Waals surface area contributed by atoms with E-state index in [0.717, 1.165) is 84.2 Å². The summed E-state index contributed by atoms with van der Waals surface area (Å²) < 4.78 is 0. The third kappa shape index (κ3) is 12.2. The molecular formula is C64H58N6O6. The highest BCUT2D eigenvalue weighted by Crippen LogP contribution is 2.35. The number of Topliss-reactive ketones (excluding diaryl/α,β-unsaturated/α-hetero) is 2. The molecule has 0 saturated heterocycles. The molecule has 8 aromatic rings. The molecule has 0 atom stereocenters. The van der Waals surface area contributed by atoms with Crippen molar-refractivity contribution in [1.29, 1.82) is 0 Å². The van der Waals surface area contributed by atoms with Crippen LogP contribution in [0, 0.1) is 55.4 Å². The van der Waals surface area contributed by atoms with Crippen molar-refractivity contribution in [2.75, 3.05) is 10.6 Å². The number of carbonyl (C=O) groups is 6. The number of amides is 2. The Balaban J connectivity index is 0.000000221. The number of nitrogens with one attached hydrogen (secondary N) is 2. The van der Waals surface area contributed by atoms with Gasteiger partial charge >= 0.3 is 0 Å². The van der Waals surface area contributed by atoms with E-state index < -0.39 is 0 Å². The molecule has 0 radical (unpaired) electrons. The number of aldehydes is 2. The topological polar surface area (TPSA) is 178 Å². The zero-order valence-electron chi connectivity index (χ0n) is 43.9. The molecule has 12 heteroatoms. The van der Waals surface area contributed by atoms with Gasteiger partial charge in [0.05, 0.1) is 0 Å². The number of nitrogens with zero attached hydrogens (tertiary/aromatic N) is 4. The highest BCUT2D eigenvalue weighted by atomic mass is 16.2. The number of anilines is 2. The van der Waals surface area contributed by atoms with Gasteiger partial charge in [0.2, 0.25) is 0 Å². The molecule has 380 valence electrons. The van der Waals surface area contributed by atoms with Crippen LogP contribution in [0.2, 0.25) is 0 Å². The Kier molecular flexibility index (Phi) is 17.2. The van der Waals surface area contributed by atoms with Gasteiger partial charge in [-0.2, -0.15) is 0 Å². The summed E-state index contributed by atoms with van der Waals surface area (Å²) in [5.41, 5.74) is 18.2. The molecule has 12 nitrogen and oxygen atoms in total. The summed E-state index contributed by atoms with van der Waals surface area (Å²) in [7, 11) is 0. The number of benzene rings is 4. The second-order valence-electron chi connectivity index (χ2n) is 18.6. The van der Waals surface area contributed by atoms with Gasteiger partial charge in [-0.25, -0.2) is 0 Å². The van der Waals surface area contributed by atoms with Crippen molar-refractivity contribution in [2.45, 2.75) is 68.2 Å². The van der Waals surface area contributed by atoms with E-state index in [9.17, 15) is 28.8 Å². The Morgan fingerprint density at radius 1 is 0.421 bits per heavy atom. The molecule has 2 N–H and O–H groups in total. The van der Waals surface area contributed by atoms with Crippen LogP contribution < -0.4 is 10.6 Å². The molecule has 4 heterocycles. The van der Waals surface area contributed by atoms with Crippen LogP contribution >= 0.6 is 0 Å². The first-order valence-electron chi connectivity index (χ1n) is 24.5. The van der Waals surface area contributed by atoms with Crippen molar-refractivity contribution in [2.24, 2.45) is 0 Å². The largest absolute Gasteiger partial charge is 0.320 e. The Labute approximate surface area is 443 Å². The third-order valence-corrected chi connectivity index (χ3v) is 13.7. The van der Waals surface area contributed by atoms with Crippen LogP contribution in [-0.2, 0) is 12.8 Å².